The fraction of sp³-hybridized carbons (Fsp3) is 0.619. The van der Waals surface area contributed by atoms with Gasteiger partial charge in [0.15, 0.2) is 5.96 Å². The van der Waals surface area contributed by atoms with Gasteiger partial charge in [-0.1, -0.05) is 43.2 Å². The molecule has 3 N–H and O–H groups in total. The lowest BCUT2D eigenvalue weighted by Crippen LogP contribution is -2.42. The van der Waals surface area contributed by atoms with Gasteiger partial charge in [0.05, 0.1) is 6.54 Å². The first kappa shape index (κ1) is 20.3. The number of benzene rings is 1. The molecule has 0 radical (unpaired) electrons. The van der Waals surface area contributed by atoms with Crippen LogP contribution in [0.1, 0.15) is 57.9 Å². The maximum Gasteiger partial charge on any atom is 0.222 e. The van der Waals surface area contributed by atoms with Gasteiger partial charge in [0.2, 0.25) is 5.91 Å². The highest BCUT2D eigenvalue weighted by molar-refractivity contribution is 5.81. The quantitative estimate of drug-likeness (QED) is 0.470. The van der Waals surface area contributed by atoms with Gasteiger partial charge in [0.25, 0.3) is 0 Å². The van der Waals surface area contributed by atoms with Gasteiger partial charge in [0.1, 0.15) is 0 Å². The highest BCUT2D eigenvalue weighted by Gasteiger charge is 2.16. The first-order valence-electron chi connectivity index (χ1n) is 10.1. The first-order valence-corrected chi connectivity index (χ1v) is 10.1. The molecule has 5 nitrogen and oxygen atoms in total. The molecule has 144 valence electrons. The van der Waals surface area contributed by atoms with Crippen molar-refractivity contribution in [1.82, 2.24) is 16.0 Å². The van der Waals surface area contributed by atoms with Crippen LogP contribution in [0.5, 0.6) is 0 Å². The number of aryl methyl sites for hydroxylation is 1. The third-order valence-corrected chi connectivity index (χ3v) is 4.77. The standard InChI is InChI=1S/C21H34N4O/c1-3-22-21(23-16-15-20(26)25-19-11-7-8-12-19)24-17(2)13-14-18-9-5-4-6-10-18/h4-6,9-10,17,19H,3,7-8,11-16H2,1-2H3,(H,25,26)(H2,22,23,24). The Bertz CT molecular complexity index is 552. The minimum atomic E-state index is 0.119. The summed E-state index contributed by atoms with van der Waals surface area (Å²) in [7, 11) is 0. The van der Waals surface area contributed by atoms with E-state index in [4.69, 9.17) is 0 Å². The highest BCUT2D eigenvalue weighted by atomic mass is 16.1. The number of aliphatic imine (C=N–C) groups is 1. The molecule has 1 amide bonds. The largest absolute Gasteiger partial charge is 0.357 e. The minimum Gasteiger partial charge on any atom is -0.357 e. The second-order valence-corrected chi connectivity index (χ2v) is 7.13. The lowest BCUT2D eigenvalue weighted by molar-refractivity contribution is -0.121. The third kappa shape index (κ3) is 7.89. The lowest BCUT2D eigenvalue weighted by Gasteiger charge is -2.18. The summed E-state index contributed by atoms with van der Waals surface area (Å²) in [4.78, 5) is 16.6. The molecule has 1 unspecified atom stereocenters. The van der Waals surface area contributed by atoms with Crippen LogP contribution in [0, 0.1) is 0 Å². The molecule has 26 heavy (non-hydrogen) atoms. The fourth-order valence-corrected chi connectivity index (χ4v) is 3.29. The fourth-order valence-electron chi connectivity index (χ4n) is 3.29. The second kappa shape index (κ2) is 11.6. The maximum atomic E-state index is 12.0. The summed E-state index contributed by atoms with van der Waals surface area (Å²) in [5, 5.41) is 9.82. The normalized spacial score (nSPS) is 16.3. The van der Waals surface area contributed by atoms with E-state index in [1.807, 2.05) is 6.07 Å². The van der Waals surface area contributed by atoms with Gasteiger partial charge in [-0.25, -0.2) is 0 Å². The number of rotatable bonds is 9. The topological polar surface area (TPSA) is 65.5 Å². The van der Waals surface area contributed by atoms with Crippen molar-refractivity contribution in [1.29, 1.82) is 0 Å². The van der Waals surface area contributed by atoms with Crippen molar-refractivity contribution in [2.75, 3.05) is 13.1 Å². The van der Waals surface area contributed by atoms with Gasteiger partial charge >= 0.3 is 0 Å². The molecule has 1 fully saturated rings. The van der Waals surface area contributed by atoms with Crippen LogP contribution < -0.4 is 16.0 Å². The summed E-state index contributed by atoms with van der Waals surface area (Å²) in [5.41, 5.74) is 1.35. The Labute approximate surface area is 158 Å². The predicted octanol–water partition coefficient (Wildman–Crippen LogP) is 3.01. The molecule has 0 aliphatic heterocycles. The molecule has 1 aliphatic carbocycles. The van der Waals surface area contributed by atoms with Crippen molar-refractivity contribution in [3.8, 4) is 0 Å². The Kier molecular flexibility index (Phi) is 9.01. The molecule has 0 heterocycles. The zero-order chi connectivity index (χ0) is 18.6. The van der Waals surface area contributed by atoms with Crippen LogP contribution in [0.2, 0.25) is 0 Å². The number of nitrogens with zero attached hydrogens (tertiary/aromatic N) is 1. The summed E-state index contributed by atoms with van der Waals surface area (Å²) in [6.45, 7) is 5.55. The van der Waals surface area contributed by atoms with Crippen molar-refractivity contribution in [2.24, 2.45) is 4.99 Å². The Hall–Kier alpha value is -2.04. The number of amides is 1. The van der Waals surface area contributed by atoms with E-state index < -0.39 is 0 Å². The molecular weight excluding hydrogens is 324 g/mol. The molecule has 1 saturated carbocycles. The Balaban J connectivity index is 1.71. The average molecular weight is 359 g/mol. The van der Waals surface area contributed by atoms with Crippen LogP contribution in [-0.2, 0) is 11.2 Å². The number of nitrogens with one attached hydrogen (secondary N) is 3. The summed E-state index contributed by atoms with van der Waals surface area (Å²) in [6.07, 6.45) is 7.24. The maximum absolute atomic E-state index is 12.0. The molecule has 0 bridgehead atoms. The average Bonchev–Trinajstić information content (AvgIpc) is 3.14. The monoisotopic (exact) mass is 358 g/mol. The van der Waals surface area contributed by atoms with Crippen molar-refractivity contribution >= 4 is 11.9 Å². The van der Waals surface area contributed by atoms with E-state index in [2.05, 4.69) is 59.1 Å². The van der Waals surface area contributed by atoms with Gasteiger partial charge in [-0.05, 0) is 45.1 Å². The highest BCUT2D eigenvalue weighted by Crippen LogP contribution is 2.17. The van der Waals surface area contributed by atoms with Crippen molar-refractivity contribution in [3.05, 3.63) is 35.9 Å². The SMILES string of the molecule is CCNC(=NCCC(=O)NC1CCCC1)NC(C)CCc1ccccc1. The van der Waals surface area contributed by atoms with Gasteiger partial charge < -0.3 is 16.0 Å². The van der Waals surface area contributed by atoms with E-state index >= 15 is 0 Å². The van der Waals surface area contributed by atoms with E-state index in [0.717, 1.165) is 38.2 Å². The van der Waals surface area contributed by atoms with Crippen LogP contribution in [0.25, 0.3) is 0 Å². The molecule has 0 saturated heterocycles. The van der Waals surface area contributed by atoms with E-state index in [9.17, 15) is 4.79 Å². The van der Waals surface area contributed by atoms with E-state index in [1.54, 1.807) is 0 Å². The molecule has 0 aromatic heterocycles. The molecule has 1 aromatic carbocycles. The van der Waals surface area contributed by atoms with Gasteiger partial charge in [-0.3, -0.25) is 9.79 Å². The Morgan fingerprint density at radius 2 is 1.96 bits per heavy atom. The summed E-state index contributed by atoms with van der Waals surface area (Å²) >= 11 is 0. The van der Waals surface area contributed by atoms with Crippen molar-refractivity contribution < 1.29 is 4.79 Å². The lowest BCUT2D eigenvalue weighted by atomic mass is 10.1. The van der Waals surface area contributed by atoms with Crippen LogP contribution >= 0.6 is 0 Å². The van der Waals surface area contributed by atoms with Gasteiger partial charge in [0, 0.05) is 25.0 Å². The van der Waals surface area contributed by atoms with Crippen molar-refractivity contribution in [2.45, 2.75) is 70.9 Å². The zero-order valence-corrected chi connectivity index (χ0v) is 16.3. The van der Waals surface area contributed by atoms with Crippen molar-refractivity contribution in [3.63, 3.8) is 0 Å². The molecule has 1 atom stereocenters. The molecule has 5 heteroatoms. The van der Waals surface area contributed by atoms with Crippen LogP contribution in [0.15, 0.2) is 35.3 Å². The number of carbonyl (C=O) groups excluding carboxylic acids is 1. The first-order chi connectivity index (χ1) is 12.7. The van der Waals surface area contributed by atoms with Crippen LogP contribution in [0.4, 0.5) is 0 Å². The number of carbonyl (C=O) groups is 1. The number of hydrogen-bond acceptors (Lipinski definition) is 2. The second-order valence-electron chi connectivity index (χ2n) is 7.13. The molecule has 1 aliphatic rings. The Morgan fingerprint density at radius 3 is 2.65 bits per heavy atom. The smallest absolute Gasteiger partial charge is 0.222 e. The Morgan fingerprint density at radius 1 is 1.23 bits per heavy atom. The summed E-state index contributed by atoms with van der Waals surface area (Å²) in [5.74, 6) is 0.912. The molecule has 2 rings (SSSR count). The van der Waals surface area contributed by atoms with Gasteiger partial charge in [-0.2, -0.15) is 0 Å². The van der Waals surface area contributed by atoms with E-state index in [-0.39, 0.29) is 5.91 Å². The molecule has 1 aromatic rings. The predicted molar refractivity (Wildman–Crippen MR) is 108 cm³/mol. The van der Waals surface area contributed by atoms with Crippen LogP contribution in [0.3, 0.4) is 0 Å². The zero-order valence-electron chi connectivity index (χ0n) is 16.3. The number of hydrogen-bond donors (Lipinski definition) is 3. The number of guanidine groups is 1. The van der Waals surface area contributed by atoms with Gasteiger partial charge in [-0.15, -0.1) is 0 Å². The summed E-state index contributed by atoms with van der Waals surface area (Å²) in [6, 6.07) is 11.2. The van der Waals surface area contributed by atoms with Crippen LogP contribution in [-0.4, -0.2) is 37.0 Å². The van der Waals surface area contributed by atoms with E-state index in [0.29, 0.717) is 25.0 Å². The third-order valence-electron chi connectivity index (χ3n) is 4.77. The van der Waals surface area contributed by atoms with E-state index in [1.165, 1.54) is 18.4 Å². The summed E-state index contributed by atoms with van der Waals surface area (Å²) < 4.78 is 0. The molecular formula is C21H34N4O. The molecule has 0 spiro atoms. The minimum absolute atomic E-state index is 0.119.